The molecule has 0 unspecified atom stereocenters. The number of carbonyl (C=O) groups is 2. The highest BCUT2D eigenvalue weighted by Crippen LogP contribution is 2.30. The molecule has 1 amide bonds. The van der Waals surface area contributed by atoms with Gasteiger partial charge in [0.2, 0.25) is 0 Å². The van der Waals surface area contributed by atoms with E-state index in [-0.39, 0.29) is 26.2 Å². The Balaban J connectivity index is 2.30. The van der Waals surface area contributed by atoms with Crippen LogP contribution in [-0.2, 0) is 10.0 Å². The van der Waals surface area contributed by atoms with Gasteiger partial charge in [-0.2, -0.15) is 0 Å². The summed E-state index contributed by atoms with van der Waals surface area (Å²) in [6, 6.07) is 3.60. The fraction of sp³-hybridized carbons (Fsp3) is 0.200. The Morgan fingerprint density at radius 1 is 1.19 bits per heavy atom. The molecule has 26 heavy (non-hydrogen) atoms. The molecule has 140 valence electrons. The molecular formula is C15H15BrN2O7S. The molecule has 0 saturated carbocycles. The quantitative estimate of drug-likeness (QED) is 0.577. The summed E-state index contributed by atoms with van der Waals surface area (Å²) < 4.78 is 35.1. The van der Waals surface area contributed by atoms with Crippen LogP contribution in [0.2, 0.25) is 0 Å². The maximum atomic E-state index is 12.4. The molecule has 0 radical (unpaired) electrons. The highest BCUT2D eigenvalue weighted by molar-refractivity contribution is 9.10. The van der Waals surface area contributed by atoms with Gasteiger partial charge in [0.1, 0.15) is 22.8 Å². The summed E-state index contributed by atoms with van der Waals surface area (Å²) in [7, 11) is -3.00. The number of furan rings is 1. The van der Waals surface area contributed by atoms with Gasteiger partial charge in [-0.3, -0.25) is 10.2 Å². The lowest BCUT2D eigenvalue weighted by Gasteiger charge is -2.12. The molecule has 0 fully saturated rings. The molecule has 0 spiro atoms. The van der Waals surface area contributed by atoms with Crippen molar-refractivity contribution in [2.45, 2.75) is 18.7 Å². The summed E-state index contributed by atoms with van der Waals surface area (Å²) in [4.78, 5) is 24.9. The van der Waals surface area contributed by atoms with Crippen molar-refractivity contribution >= 4 is 37.8 Å². The van der Waals surface area contributed by atoms with Crippen LogP contribution in [0.3, 0.4) is 0 Å². The average Bonchev–Trinajstić information content (AvgIpc) is 2.90. The van der Waals surface area contributed by atoms with Crippen molar-refractivity contribution < 1.29 is 32.3 Å². The molecule has 0 aliphatic heterocycles. The molecule has 0 aliphatic rings. The van der Waals surface area contributed by atoms with E-state index < -0.39 is 21.9 Å². The first-order valence-corrected chi connectivity index (χ1v) is 9.34. The lowest BCUT2D eigenvalue weighted by Crippen LogP contribution is -2.41. The Bertz CT molecular complexity index is 982. The Hall–Kier alpha value is -2.37. The Labute approximate surface area is 157 Å². The average molecular weight is 447 g/mol. The molecule has 0 aliphatic carbocycles. The molecule has 0 atom stereocenters. The first kappa shape index (κ1) is 19.9. The van der Waals surface area contributed by atoms with E-state index in [4.69, 9.17) is 9.15 Å². The molecular weight excluding hydrogens is 432 g/mol. The zero-order valence-corrected chi connectivity index (χ0v) is 16.3. The van der Waals surface area contributed by atoms with Crippen LogP contribution >= 0.6 is 15.9 Å². The highest BCUT2D eigenvalue weighted by atomic mass is 79.9. The SMILES string of the molecule is COc1cc(Br)c(S(=O)(=O)NNC(=O)c2cc(C)oc2C)cc1C(=O)O. The molecule has 3 N–H and O–H groups in total. The van der Waals surface area contributed by atoms with Crippen molar-refractivity contribution in [2.75, 3.05) is 7.11 Å². The van der Waals surface area contributed by atoms with Crippen LogP contribution in [0.5, 0.6) is 5.75 Å². The number of amides is 1. The number of ether oxygens (including phenoxy) is 1. The number of hydrazine groups is 1. The zero-order valence-electron chi connectivity index (χ0n) is 13.9. The number of carboxylic acids is 1. The van der Waals surface area contributed by atoms with Gasteiger partial charge >= 0.3 is 5.97 Å². The monoisotopic (exact) mass is 446 g/mol. The predicted molar refractivity (Wildman–Crippen MR) is 93.6 cm³/mol. The van der Waals surface area contributed by atoms with E-state index >= 15 is 0 Å². The summed E-state index contributed by atoms with van der Waals surface area (Å²) in [6.07, 6.45) is 0. The normalized spacial score (nSPS) is 11.2. The number of aromatic carboxylic acids is 1. The van der Waals surface area contributed by atoms with E-state index in [0.29, 0.717) is 11.5 Å². The summed E-state index contributed by atoms with van der Waals surface area (Å²) in [6.45, 7) is 3.21. The minimum atomic E-state index is -4.26. The number of halogens is 1. The smallest absolute Gasteiger partial charge is 0.339 e. The minimum Gasteiger partial charge on any atom is -0.496 e. The first-order chi connectivity index (χ1) is 12.1. The van der Waals surface area contributed by atoms with Crippen LogP contribution in [0.25, 0.3) is 0 Å². The van der Waals surface area contributed by atoms with Gasteiger partial charge in [-0.1, -0.05) is 0 Å². The molecule has 1 aromatic carbocycles. The van der Waals surface area contributed by atoms with Gasteiger partial charge in [-0.05, 0) is 48.0 Å². The molecule has 1 aromatic heterocycles. The van der Waals surface area contributed by atoms with Crippen molar-refractivity contribution in [2.24, 2.45) is 0 Å². The summed E-state index contributed by atoms with van der Waals surface area (Å²) in [5.74, 6) is -1.26. The molecule has 2 rings (SSSR count). The van der Waals surface area contributed by atoms with Gasteiger partial charge in [0.05, 0.1) is 17.6 Å². The second-order valence-electron chi connectivity index (χ2n) is 5.17. The van der Waals surface area contributed by atoms with E-state index in [2.05, 4.69) is 21.4 Å². The number of aryl methyl sites for hydroxylation is 2. The summed E-state index contributed by atoms with van der Waals surface area (Å²) in [5.41, 5.74) is 1.89. The largest absolute Gasteiger partial charge is 0.496 e. The highest BCUT2D eigenvalue weighted by Gasteiger charge is 2.24. The zero-order chi connectivity index (χ0) is 19.6. The lowest BCUT2D eigenvalue weighted by molar-refractivity contribution is 0.0692. The van der Waals surface area contributed by atoms with Crippen molar-refractivity contribution in [3.05, 3.63) is 45.3 Å². The molecule has 2 aromatic rings. The maximum Gasteiger partial charge on any atom is 0.339 e. The number of hydrogen-bond acceptors (Lipinski definition) is 6. The predicted octanol–water partition coefficient (Wildman–Crippen LogP) is 1.99. The van der Waals surface area contributed by atoms with Crippen molar-refractivity contribution in [1.29, 1.82) is 0 Å². The summed E-state index contributed by atoms with van der Waals surface area (Å²) in [5, 5.41) is 9.19. The van der Waals surface area contributed by atoms with Gasteiger partial charge in [-0.15, -0.1) is 4.83 Å². The van der Waals surface area contributed by atoms with Crippen molar-refractivity contribution in [1.82, 2.24) is 10.3 Å². The Kier molecular flexibility index (Phi) is 5.74. The lowest BCUT2D eigenvalue weighted by atomic mass is 10.2. The second-order valence-corrected chi connectivity index (χ2v) is 7.68. The van der Waals surface area contributed by atoms with Gasteiger partial charge in [-0.25, -0.2) is 13.2 Å². The maximum absolute atomic E-state index is 12.4. The molecule has 11 heteroatoms. The Morgan fingerprint density at radius 3 is 2.35 bits per heavy atom. The third-order valence-corrected chi connectivity index (χ3v) is 5.56. The van der Waals surface area contributed by atoms with E-state index in [0.717, 1.165) is 6.07 Å². The number of carbonyl (C=O) groups excluding carboxylic acids is 1. The molecule has 0 saturated heterocycles. The van der Waals surface area contributed by atoms with E-state index in [1.165, 1.54) is 19.2 Å². The molecule has 9 nitrogen and oxygen atoms in total. The topological polar surface area (TPSA) is 135 Å². The number of rotatable bonds is 6. The number of nitrogens with one attached hydrogen (secondary N) is 2. The number of carboxylic acid groups (broad SMARTS) is 1. The van der Waals surface area contributed by atoms with Crippen LogP contribution in [0, 0.1) is 13.8 Å². The summed E-state index contributed by atoms with van der Waals surface area (Å²) >= 11 is 3.05. The van der Waals surface area contributed by atoms with Crippen molar-refractivity contribution in [3.8, 4) is 5.75 Å². The second kappa shape index (κ2) is 7.48. The third kappa shape index (κ3) is 4.06. The fourth-order valence-corrected chi connectivity index (χ4v) is 4.06. The van der Waals surface area contributed by atoms with Gasteiger partial charge < -0.3 is 14.3 Å². The van der Waals surface area contributed by atoms with E-state index in [1.807, 2.05) is 4.83 Å². The molecule has 1 heterocycles. The van der Waals surface area contributed by atoms with Gasteiger partial charge in [0.15, 0.2) is 0 Å². The van der Waals surface area contributed by atoms with Crippen LogP contribution < -0.4 is 15.0 Å². The number of benzene rings is 1. The number of sulfonamides is 1. The Morgan fingerprint density at radius 2 is 1.85 bits per heavy atom. The van der Waals surface area contributed by atoms with E-state index in [1.54, 1.807) is 13.8 Å². The van der Waals surface area contributed by atoms with Crippen LogP contribution in [0.4, 0.5) is 0 Å². The molecule has 0 bridgehead atoms. The minimum absolute atomic E-state index is 0.0168. The third-order valence-electron chi connectivity index (χ3n) is 3.36. The van der Waals surface area contributed by atoms with Crippen LogP contribution in [0.1, 0.15) is 32.2 Å². The van der Waals surface area contributed by atoms with Gasteiger partial charge in [0.25, 0.3) is 15.9 Å². The van der Waals surface area contributed by atoms with Gasteiger partial charge in [0, 0.05) is 4.47 Å². The number of hydrogen-bond donors (Lipinski definition) is 3. The standard InChI is InChI=1S/C15H15BrN2O7S/c1-7-4-9(8(2)25-7)14(19)17-18-26(22,23)13-5-10(15(20)21)12(24-3)6-11(13)16/h4-6,18H,1-3H3,(H,17,19)(H,20,21). The van der Waals surface area contributed by atoms with Crippen molar-refractivity contribution in [3.63, 3.8) is 0 Å². The van der Waals surface area contributed by atoms with E-state index in [9.17, 15) is 23.1 Å². The number of methoxy groups -OCH3 is 1. The van der Waals surface area contributed by atoms with Crippen LogP contribution in [0.15, 0.2) is 32.0 Å². The first-order valence-electron chi connectivity index (χ1n) is 7.07. The van der Waals surface area contributed by atoms with Crippen LogP contribution in [-0.4, -0.2) is 32.5 Å². The fourth-order valence-electron chi connectivity index (χ4n) is 2.17.